The summed E-state index contributed by atoms with van der Waals surface area (Å²) >= 11 is 0. The number of carbonyl (C=O) groups excluding carboxylic acids is 1. The molecule has 1 unspecified atom stereocenters. The molecule has 1 atom stereocenters. The van der Waals surface area contributed by atoms with Crippen LogP contribution in [0.5, 0.6) is 0 Å². The second kappa shape index (κ2) is 4.22. The normalized spacial score (nSPS) is 18.3. The topological polar surface area (TPSA) is 64.7 Å². The summed E-state index contributed by atoms with van der Waals surface area (Å²) in [5.74, 6) is 0.882. The lowest BCUT2D eigenvalue weighted by Crippen LogP contribution is -2.24. The molecular formula is C13H17N5O. The first-order chi connectivity index (χ1) is 9.10. The van der Waals surface area contributed by atoms with Crippen LogP contribution < -0.4 is 5.32 Å². The average molecular weight is 259 g/mol. The summed E-state index contributed by atoms with van der Waals surface area (Å²) in [6.45, 7) is 4.88. The molecule has 2 aromatic rings. The number of aromatic nitrogens is 4. The van der Waals surface area contributed by atoms with E-state index < -0.39 is 0 Å². The van der Waals surface area contributed by atoms with E-state index in [9.17, 15) is 4.79 Å². The SMILES string of the molecule is CCn1cc(C2CC(=O)Nc3c2cnn3C)c(C)n1. The number of hydrogen-bond donors (Lipinski definition) is 1. The molecule has 0 radical (unpaired) electrons. The van der Waals surface area contributed by atoms with Crippen molar-refractivity contribution < 1.29 is 4.79 Å². The molecule has 19 heavy (non-hydrogen) atoms. The van der Waals surface area contributed by atoms with Gasteiger partial charge in [0.2, 0.25) is 5.91 Å². The number of anilines is 1. The van der Waals surface area contributed by atoms with Crippen molar-refractivity contribution in [2.75, 3.05) is 5.32 Å². The van der Waals surface area contributed by atoms with E-state index in [0.29, 0.717) is 6.42 Å². The molecule has 1 N–H and O–H groups in total. The third-order valence-corrected chi connectivity index (χ3v) is 3.67. The fourth-order valence-corrected chi connectivity index (χ4v) is 2.66. The van der Waals surface area contributed by atoms with Crippen molar-refractivity contribution in [3.8, 4) is 0 Å². The van der Waals surface area contributed by atoms with Gasteiger partial charge >= 0.3 is 0 Å². The zero-order valence-corrected chi connectivity index (χ0v) is 11.3. The van der Waals surface area contributed by atoms with Gasteiger partial charge in [0, 0.05) is 43.3 Å². The standard InChI is InChI=1S/C13H17N5O/c1-4-18-7-11(8(2)16-18)9-5-12(19)15-13-10(9)6-14-17(13)3/h6-7,9H,4-5H2,1-3H3,(H,15,19). The van der Waals surface area contributed by atoms with Crippen LogP contribution in [-0.2, 0) is 18.4 Å². The summed E-state index contributed by atoms with van der Waals surface area (Å²) in [6, 6.07) is 0. The van der Waals surface area contributed by atoms with E-state index in [1.54, 1.807) is 4.68 Å². The lowest BCUT2D eigenvalue weighted by atomic mass is 9.88. The second-order valence-corrected chi connectivity index (χ2v) is 4.90. The smallest absolute Gasteiger partial charge is 0.226 e. The maximum Gasteiger partial charge on any atom is 0.226 e. The monoisotopic (exact) mass is 259 g/mol. The quantitative estimate of drug-likeness (QED) is 0.887. The molecule has 0 bridgehead atoms. The van der Waals surface area contributed by atoms with Crippen LogP contribution >= 0.6 is 0 Å². The Labute approximate surface area is 111 Å². The number of nitrogens with one attached hydrogen (secondary N) is 1. The molecule has 0 aliphatic carbocycles. The molecule has 100 valence electrons. The summed E-state index contributed by atoms with van der Waals surface area (Å²) in [6.07, 6.45) is 4.33. The molecular weight excluding hydrogens is 242 g/mol. The Hall–Kier alpha value is -2.11. The van der Waals surface area contributed by atoms with Crippen molar-refractivity contribution in [2.24, 2.45) is 7.05 Å². The summed E-state index contributed by atoms with van der Waals surface area (Å²) in [4.78, 5) is 11.9. The molecule has 1 aliphatic heterocycles. The van der Waals surface area contributed by atoms with Gasteiger partial charge in [-0.05, 0) is 13.8 Å². The van der Waals surface area contributed by atoms with Crippen molar-refractivity contribution in [3.05, 3.63) is 29.2 Å². The Bertz CT molecular complexity index is 639. The van der Waals surface area contributed by atoms with E-state index in [4.69, 9.17) is 0 Å². The Morgan fingerprint density at radius 3 is 2.95 bits per heavy atom. The van der Waals surface area contributed by atoms with Crippen LogP contribution in [0, 0.1) is 6.92 Å². The van der Waals surface area contributed by atoms with E-state index in [2.05, 4.69) is 22.4 Å². The molecule has 0 spiro atoms. The fourth-order valence-electron chi connectivity index (χ4n) is 2.66. The predicted molar refractivity (Wildman–Crippen MR) is 70.9 cm³/mol. The van der Waals surface area contributed by atoms with Gasteiger partial charge in [0.15, 0.2) is 0 Å². The first-order valence-electron chi connectivity index (χ1n) is 6.45. The van der Waals surface area contributed by atoms with Gasteiger partial charge in [0.1, 0.15) is 5.82 Å². The molecule has 6 heteroatoms. The van der Waals surface area contributed by atoms with E-state index >= 15 is 0 Å². The zero-order chi connectivity index (χ0) is 13.6. The molecule has 0 fully saturated rings. The summed E-state index contributed by atoms with van der Waals surface area (Å²) in [5.41, 5.74) is 3.17. The molecule has 0 aromatic carbocycles. The van der Waals surface area contributed by atoms with E-state index in [1.165, 1.54) is 0 Å². The fraction of sp³-hybridized carbons (Fsp3) is 0.462. The Morgan fingerprint density at radius 2 is 2.26 bits per heavy atom. The van der Waals surface area contributed by atoms with Crippen LogP contribution in [0.4, 0.5) is 5.82 Å². The maximum absolute atomic E-state index is 11.9. The van der Waals surface area contributed by atoms with Gasteiger partial charge in [-0.25, -0.2) is 0 Å². The van der Waals surface area contributed by atoms with Gasteiger partial charge in [-0.1, -0.05) is 0 Å². The van der Waals surface area contributed by atoms with Crippen molar-refractivity contribution in [3.63, 3.8) is 0 Å². The van der Waals surface area contributed by atoms with Crippen LogP contribution in [0.2, 0.25) is 0 Å². The highest BCUT2D eigenvalue weighted by molar-refractivity contribution is 5.94. The second-order valence-electron chi connectivity index (χ2n) is 4.90. The lowest BCUT2D eigenvalue weighted by Gasteiger charge is -2.22. The molecule has 3 rings (SSSR count). The van der Waals surface area contributed by atoms with Crippen LogP contribution in [0.3, 0.4) is 0 Å². The number of amides is 1. The molecule has 0 saturated carbocycles. The van der Waals surface area contributed by atoms with Gasteiger partial charge in [0.05, 0.1) is 11.9 Å². The lowest BCUT2D eigenvalue weighted by molar-refractivity contribution is -0.116. The van der Waals surface area contributed by atoms with Crippen molar-refractivity contribution in [1.29, 1.82) is 0 Å². The number of carbonyl (C=O) groups is 1. The number of rotatable bonds is 2. The van der Waals surface area contributed by atoms with Crippen molar-refractivity contribution in [1.82, 2.24) is 19.6 Å². The highest BCUT2D eigenvalue weighted by Crippen LogP contribution is 2.37. The minimum absolute atomic E-state index is 0.0322. The van der Waals surface area contributed by atoms with Crippen LogP contribution in [0.1, 0.15) is 36.1 Å². The van der Waals surface area contributed by atoms with Gasteiger partial charge in [-0.3, -0.25) is 14.2 Å². The first-order valence-corrected chi connectivity index (χ1v) is 6.45. The van der Waals surface area contributed by atoms with Crippen molar-refractivity contribution >= 4 is 11.7 Å². The van der Waals surface area contributed by atoms with E-state index in [1.807, 2.05) is 31.0 Å². The molecule has 0 saturated heterocycles. The predicted octanol–water partition coefficient (Wildman–Crippen LogP) is 1.42. The van der Waals surface area contributed by atoms with Gasteiger partial charge < -0.3 is 5.32 Å². The molecule has 2 aromatic heterocycles. The molecule has 1 aliphatic rings. The number of fused-ring (bicyclic) bond motifs is 1. The largest absolute Gasteiger partial charge is 0.311 e. The summed E-state index contributed by atoms with van der Waals surface area (Å²) < 4.78 is 3.62. The van der Waals surface area contributed by atoms with Gasteiger partial charge in [-0.2, -0.15) is 10.2 Å². The Balaban J connectivity index is 2.09. The van der Waals surface area contributed by atoms with Crippen molar-refractivity contribution in [2.45, 2.75) is 32.7 Å². The van der Waals surface area contributed by atoms with Crippen LogP contribution in [-0.4, -0.2) is 25.5 Å². The minimum Gasteiger partial charge on any atom is -0.311 e. The number of hydrogen-bond acceptors (Lipinski definition) is 3. The molecule has 1 amide bonds. The Kier molecular flexibility index (Phi) is 2.66. The maximum atomic E-state index is 11.9. The van der Waals surface area contributed by atoms with E-state index in [-0.39, 0.29) is 11.8 Å². The van der Waals surface area contributed by atoms with Gasteiger partial charge in [0.25, 0.3) is 0 Å². The average Bonchev–Trinajstić information content (AvgIpc) is 2.93. The molecule has 3 heterocycles. The zero-order valence-electron chi connectivity index (χ0n) is 11.3. The highest BCUT2D eigenvalue weighted by Gasteiger charge is 2.31. The number of nitrogens with zero attached hydrogens (tertiary/aromatic N) is 4. The summed E-state index contributed by atoms with van der Waals surface area (Å²) in [7, 11) is 1.84. The number of aryl methyl sites for hydroxylation is 3. The Morgan fingerprint density at radius 1 is 1.47 bits per heavy atom. The summed E-state index contributed by atoms with van der Waals surface area (Å²) in [5, 5.41) is 11.6. The van der Waals surface area contributed by atoms with Crippen LogP contribution in [0.25, 0.3) is 0 Å². The highest BCUT2D eigenvalue weighted by atomic mass is 16.1. The molecule has 6 nitrogen and oxygen atoms in total. The first kappa shape index (κ1) is 12.0. The minimum atomic E-state index is 0.0322. The van der Waals surface area contributed by atoms with Crippen LogP contribution in [0.15, 0.2) is 12.4 Å². The van der Waals surface area contributed by atoms with Gasteiger partial charge in [-0.15, -0.1) is 0 Å². The third kappa shape index (κ3) is 1.83. The van der Waals surface area contributed by atoms with E-state index in [0.717, 1.165) is 29.2 Å². The third-order valence-electron chi connectivity index (χ3n) is 3.67.